The minimum atomic E-state index is 0.432. The van der Waals surface area contributed by atoms with Gasteiger partial charge in [0.15, 0.2) is 0 Å². The Balaban J connectivity index is 1.48. The van der Waals surface area contributed by atoms with Crippen molar-refractivity contribution in [3.8, 4) is 5.75 Å². The van der Waals surface area contributed by atoms with Crippen molar-refractivity contribution >= 4 is 5.95 Å². The quantitative estimate of drug-likeness (QED) is 0.888. The van der Waals surface area contributed by atoms with Crippen LogP contribution in [0.3, 0.4) is 0 Å². The molecule has 1 unspecified atom stereocenters. The van der Waals surface area contributed by atoms with Crippen LogP contribution < -0.4 is 10.1 Å². The van der Waals surface area contributed by atoms with Gasteiger partial charge < -0.3 is 15.0 Å². The van der Waals surface area contributed by atoms with Gasteiger partial charge in [-0.2, -0.15) is 0 Å². The molecule has 0 amide bonds. The lowest BCUT2D eigenvalue weighted by molar-refractivity contribution is 0.218. The molecule has 1 saturated heterocycles. The number of methoxy groups -OCH3 is 1. The van der Waals surface area contributed by atoms with Gasteiger partial charge in [-0.15, -0.1) is 0 Å². The zero-order valence-corrected chi connectivity index (χ0v) is 13.6. The Kier molecular flexibility index (Phi) is 5.42. The Morgan fingerprint density at radius 1 is 1.22 bits per heavy atom. The first-order valence-corrected chi connectivity index (χ1v) is 8.22. The Hall–Kier alpha value is -2.14. The van der Waals surface area contributed by atoms with Gasteiger partial charge in [-0.25, -0.2) is 9.97 Å². The van der Waals surface area contributed by atoms with Crippen molar-refractivity contribution in [1.29, 1.82) is 0 Å². The highest BCUT2D eigenvalue weighted by molar-refractivity contribution is 5.27. The number of rotatable bonds is 6. The molecular weight excluding hydrogens is 288 g/mol. The highest BCUT2D eigenvalue weighted by atomic mass is 16.5. The number of benzene rings is 1. The van der Waals surface area contributed by atoms with Crippen LogP contribution in [0.15, 0.2) is 42.7 Å². The molecule has 122 valence electrons. The molecule has 5 heteroatoms. The number of ether oxygens (including phenoxy) is 1. The standard InChI is InChI=1S/C18H24N4O/c1-23-17-7-5-15(6-8-17)9-13-22-12-2-4-16(14-22)21-18-19-10-3-11-20-18/h3,5-8,10-11,16H,2,4,9,12-14H2,1H3,(H,19,20,21). The van der Waals surface area contributed by atoms with E-state index < -0.39 is 0 Å². The summed E-state index contributed by atoms with van der Waals surface area (Å²) < 4.78 is 5.20. The summed E-state index contributed by atoms with van der Waals surface area (Å²) in [7, 11) is 1.70. The second-order valence-corrected chi connectivity index (χ2v) is 5.95. The first-order chi connectivity index (χ1) is 11.3. The van der Waals surface area contributed by atoms with E-state index in [0.29, 0.717) is 6.04 Å². The van der Waals surface area contributed by atoms with E-state index in [-0.39, 0.29) is 0 Å². The van der Waals surface area contributed by atoms with E-state index in [2.05, 4.69) is 32.3 Å². The number of nitrogens with one attached hydrogen (secondary N) is 1. The van der Waals surface area contributed by atoms with Crippen LogP contribution in [0.25, 0.3) is 0 Å². The van der Waals surface area contributed by atoms with Gasteiger partial charge in [0.25, 0.3) is 0 Å². The van der Waals surface area contributed by atoms with Gasteiger partial charge in [0.05, 0.1) is 7.11 Å². The maximum Gasteiger partial charge on any atom is 0.222 e. The average molecular weight is 312 g/mol. The Labute approximate surface area is 137 Å². The van der Waals surface area contributed by atoms with Crippen LogP contribution in [0.5, 0.6) is 5.75 Å². The molecule has 0 saturated carbocycles. The molecule has 2 aromatic rings. The lowest BCUT2D eigenvalue weighted by Gasteiger charge is -2.33. The minimum Gasteiger partial charge on any atom is -0.497 e. The Morgan fingerprint density at radius 3 is 2.74 bits per heavy atom. The van der Waals surface area contributed by atoms with Crippen LogP contribution in [0, 0.1) is 0 Å². The van der Waals surface area contributed by atoms with E-state index in [9.17, 15) is 0 Å². The first kappa shape index (κ1) is 15.7. The number of aromatic nitrogens is 2. The molecular formula is C18H24N4O. The molecule has 1 aromatic carbocycles. The number of piperidine rings is 1. The maximum absolute atomic E-state index is 5.20. The third kappa shape index (κ3) is 4.66. The topological polar surface area (TPSA) is 50.3 Å². The zero-order chi connectivity index (χ0) is 15.9. The molecule has 2 heterocycles. The first-order valence-electron chi connectivity index (χ1n) is 8.22. The number of anilines is 1. The monoisotopic (exact) mass is 312 g/mol. The second-order valence-electron chi connectivity index (χ2n) is 5.95. The highest BCUT2D eigenvalue weighted by Crippen LogP contribution is 2.15. The summed E-state index contributed by atoms with van der Waals surface area (Å²) in [5.41, 5.74) is 1.35. The molecule has 0 bridgehead atoms. The fraction of sp³-hybridized carbons (Fsp3) is 0.444. The predicted octanol–water partition coefficient (Wildman–Crippen LogP) is 2.60. The summed E-state index contributed by atoms with van der Waals surface area (Å²) in [6.45, 7) is 3.30. The molecule has 1 aliphatic heterocycles. The van der Waals surface area contributed by atoms with E-state index in [0.717, 1.165) is 31.2 Å². The summed E-state index contributed by atoms with van der Waals surface area (Å²) in [6.07, 6.45) is 7.02. The van der Waals surface area contributed by atoms with Gasteiger partial charge in [-0.05, 0) is 49.6 Å². The van der Waals surface area contributed by atoms with Crippen molar-refractivity contribution in [2.24, 2.45) is 0 Å². The van der Waals surface area contributed by atoms with Crippen LogP contribution in [0.1, 0.15) is 18.4 Å². The van der Waals surface area contributed by atoms with Crippen LogP contribution in [-0.2, 0) is 6.42 Å². The number of nitrogens with zero attached hydrogens (tertiary/aromatic N) is 3. The number of likely N-dealkylation sites (tertiary alicyclic amines) is 1. The van der Waals surface area contributed by atoms with Crippen LogP contribution in [0.2, 0.25) is 0 Å². The lowest BCUT2D eigenvalue weighted by atomic mass is 10.0. The molecule has 23 heavy (non-hydrogen) atoms. The van der Waals surface area contributed by atoms with Gasteiger partial charge in [0, 0.05) is 31.5 Å². The molecule has 1 N–H and O–H groups in total. The van der Waals surface area contributed by atoms with E-state index >= 15 is 0 Å². The van der Waals surface area contributed by atoms with Crippen LogP contribution in [-0.4, -0.2) is 47.7 Å². The molecule has 5 nitrogen and oxygen atoms in total. The minimum absolute atomic E-state index is 0.432. The van der Waals surface area contributed by atoms with Crippen molar-refractivity contribution in [3.05, 3.63) is 48.3 Å². The Morgan fingerprint density at radius 2 is 2.00 bits per heavy atom. The summed E-state index contributed by atoms with van der Waals surface area (Å²) in [4.78, 5) is 11.0. The fourth-order valence-corrected chi connectivity index (χ4v) is 3.01. The third-order valence-corrected chi connectivity index (χ3v) is 4.28. The molecule has 0 radical (unpaired) electrons. The predicted molar refractivity (Wildman–Crippen MR) is 91.8 cm³/mol. The summed E-state index contributed by atoms with van der Waals surface area (Å²) in [5, 5.41) is 3.44. The average Bonchev–Trinajstić information content (AvgIpc) is 2.62. The van der Waals surface area contributed by atoms with Crippen molar-refractivity contribution in [2.45, 2.75) is 25.3 Å². The fourth-order valence-electron chi connectivity index (χ4n) is 3.01. The molecule has 0 spiro atoms. The van der Waals surface area contributed by atoms with Crippen molar-refractivity contribution in [3.63, 3.8) is 0 Å². The highest BCUT2D eigenvalue weighted by Gasteiger charge is 2.20. The van der Waals surface area contributed by atoms with Crippen LogP contribution in [0.4, 0.5) is 5.95 Å². The maximum atomic E-state index is 5.20. The van der Waals surface area contributed by atoms with E-state index in [4.69, 9.17) is 4.74 Å². The molecule has 0 aliphatic carbocycles. The van der Waals surface area contributed by atoms with Crippen molar-refractivity contribution < 1.29 is 4.74 Å². The number of hydrogen-bond acceptors (Lipinski definition) is 5. The Bertz CT molecular complexity index is 588. The molecule has 1 aromatic heterocycles. The summed E-state index contributed by atoms with van der Waals surface area (Å²) >= 11 is 0. The number of hydrogen-bond donors (Lipinski definition) is 1. The smallest absolute Gasteiger partial charge is 0.222 e. The largest absolute Gasteiger partial charge is 0.497 e. The summed E-state index contributed by atoms with van der Waals surface area (Å²) in [6, 6.07) is 10.6. The molecule has 3 rings (SSSR count). The van der Waals surface area contributed by atoms with Gasteiger partial charge in [-0.1, -0.05) is 12.1 Å². The van der Waals surface area contributed by atoms with Crippen molar-refractivity contribution in [1.82, 2.24) is 14.9 Å². The van der Waals surface area contributed by atoms with E-state index in [1.807, 2.05) is 18.2 Å². The van der Waals surface area contributed by atoms with E-state index in [1.165, 1.54) is 24.9 Å². The third-order valence-electron chi connectivity index (χ3n) is 4.28. The van der Waals surface area contributed by atoms with Gasteiger partial charge in [0.1, 0.15) is 5.75 Å². The van der Waals surface area contributed by atoms with Gasteiger partial charge in [-0.3, -0.25) is 0 Å². The van der Waals surface area contributed by atoms with Crippen molar-refractivity contribution in [2.75, 3.05) is 32.1 Å². The zero-order valence-electron chi connectivity index (χ0n) is 13.6. The molecule has 1 atom stereocenters. The van der Waals surface area contributed by atoms with Gasteiger partial charge >= 0.3 is 0 Å². The van der Waals surface area contributed by atoms with Gasteiger partial charge in [0.2, 0.25) is 5.95 Å². The normalized spacial score (nSPS) is 18.6. The molecule has 1 fully saturated rings. The SMILES string of the molecule is COc1ccc(CCN2CCCC(Nc3ncccn3)C2)cc1. The van der Waals surface area contributed by atoms with Crippen LogP contribution >= 0.6 is 0 Å². The second kappa shape index (κ2) is 7.92. The lowest BCUT2D eigenvalue weighted by Crippen LogP contribution is -2.43. The summed E-state index contributed by atoms with van der Waals surface area (Å²) in [5.74, 6) is 1.65. The van der Waals surface area contributed by atoms with E-state index in [1.54, 1.807) is 19.5 Å². The molecule has 1 aliphatic rings.